The minimum Gasteiger partial charge on any atom is -0.376 e. The molecule has 0 bridgehead atoms. The zero-order valence-electron chi connectivity index (χ0n) is 11.2. The van der Waals surface area contributed by atoms with Gasteiger partial charge in [0.2, 0.25) is 5.91 Å². The topological polar surface area (TPSA) is 41.6 Å². The zero-order chi connectivity index (χ0) is 13.8. The highest BCUT2D eigenvalue weighted by molar-refractivity contribution is 9.10. The number of rotatable bonds is 3. The van der Waals surface area contributed by atoms with Gasteiger partial charge in [0.15, 0.2) is 0 Å². The molecule has 19 heavy (non-hydrogen) atoms. The average Bonchev–Trinajstić information content (AvgIpc) is 2.35. The van der Waals surface area contributed by atoms with Gasteiger partial charge in [-0.1, -0.05) is 22.0 Å². The van der Waals surface area contributed by atoms with Crippen molar-refractivity contribution in [2.75, 3.05) is 25.0 Å². The van der Waals surface area contributed by atoms with Crippen LogP contribution in [-0.4, -0.2) is 42.6 Å². The second-order valence-electron chi connectivity index (χ2n) is 4.92. The molecule has 2 rings (SSSR count). The average molecular weight is 327 g/mol. The Kier molecular flexibility index (Phi) is 4.82. The smallest absolute Gasteiger partial charge is 0.242 e. The second kappa shape index (κ2) is 6.39. The fraction of sp³-hybridized carbons (Fsp3) is 0.500. The van der Waals surface area contributed by atoms with E-state index in [1.165, 1.54) is 0 Å². The molecule has 0 radical (unpaired) electrons. The third kappa shape index (κ3) is 4.21. The molecule has 1 saturated heterocycles. The molecule has 1 aliphatic heterocycles. The molecule has 0 spiro atoms. The van der Waals surface area contributed by atoms with E-state index in [1.807, 2.05) is 43.0 Å². The van der Waals surface area contributed by atoms with Gasteiger partial charge >= 0.3 is 0 Å². The Bertz CT molecular complexity index is 443. The molecule has 1 aliphatic rings. The van der Waals surface area contributed by atoms with E-state index in [-0.39, 0.29) is 18.1 Å². The Morgan fingerprint density at radius 2 is 2.11 bits per heavy atom. The van der Waals surface area contributed by atoms with Crippen LogP contribution in [0.3, 0.4) is 0 Å². The quantitative estimate of drug-likeness (QED) is 0.927. The van der Waals surface area contributed by atoms with Gasteiger partial charge in [0.1, 0.15) is 0 Å². The Labute approximate surface area is 122 Å². The van der Waals surface area contributed by atoms with Crippen LogP contribution in [0.5, 0.6) is 0 Å². The lowest BCUT2D eigenvalue weighted by Gasteiger charge is -2.35. The lowest BCUT2D eigenvalue weighted by Crippen LogP contribution is -2.49. The summed E-state index contributed by atoms with van der Waals surface area (Å²) in [6.07, 6.45) is 0.220. The maximum atomic E-state index is 12.1. The first kappa shape index (κ1) is 14.3. The standard InChI is InChI=1S/C14H19BrN2O2/c1-10-8-17(9-11(2)19-10)14(18)7-16-13-5-3-4-12(15)6-13/h3-6,10-11,16H,7-9H2,1-2H3. The van der Waals surface area contributed by atoms with Crippen molar-refractivity contribution in [2.24, 2.45) is 0 Å². The van der Waals surface area contributed by atoms with Crippen LogP contribution in [0.4, 0.5) is 5.69 Å². The van der Waals surface area contributed by atoms with Crippen molar-refractivity contribution in [2.45, 2.75) is 26.1 Å². The molecule has 1 heterocycles. The number of carbonyl (C=O) groups excluding carboxylic acids is 1. The highest BCUT2D eigenvalue weighted by Crippen LogP contribution is 2.16. The number of ether oxygens (including phenoxy) is 1. The van der Waals surface area contributed by atoms with Crippen LogP contribution in [0.15, 0.2) is 28.7 Å². The van der Waals surface area contributed by atoms with Gasteiger partial charge in [0.05, 0.1) is 18.8 Å². The van der Waals surface area contributed by atoms with Crippen molar-refractivity contribution in [3.8, 4) is 0 Å². The summed E-state index contributed by atoms with van der Waals surface area (Å²) >= 11 is 3.41. The van der Waals surface area contributed by atoms with Gasteiger partial charge in [0, 0.05) is 23.2 Å². The number of nitrogens with zero attached hydrogens (tertiary/aromatic N) is 1. The Morgan fingerprint density at radius 1 is 1.42 bits per heavy atom. The Balaban J connectivity index is 1.87. The molecule has 4 nitrogen and oxygen atoms in total. The van der Waals surface area contributed by atoms with Crippen molar-refractivity contribution in [3.05, 3.63) is 28.7 Å². The van der Waals surface area contributed by atoms with Crippen LogP contribution in [-0.2, 0) is 9.53 Å². The number of nitrogens with one attached hydrogen (secondary N) is 1. The zero-order valence-corrected chi connectivity index (χ0v) is 12.8. The lowest BCUT2D eigenvalue weighted by atomic mass is 10.2. The third-order valence-corrected chi connectivity index (χ3v) is 3.53. The number of morpholine rings is 1. The molecule has 1 fully saturated rings. The van der Waals surface area contributed by atoms with Crippen LogP contribution < -0.4 is 5.32 Å². The Morgan fingerprint density at radius 3 is 2.74 bits per heavy atom. The largest absolute Gasteiger partial charge is 0.376 e. The van der Waals surface area contributed by atoms with Crippen LogP contribution in [0.25, 0.3) is 0 Å². The number of hydrogen-bond donors (Lipinski definition) is 1. The summed E-state index contributed by atoms with van der Waals surface area (Å²) in [6, 6.07) is 7.80. The van der Waals surface area contributed by atoms with E-state index in [0.29, 0.717) is 19.6 Å². The van der Waals surface area contributed by atoms with Gasteiger partial charge < -0.3 is 15.0 Å². The van der Waals surface area contributed by atoms with Crippen LogP contribution in [0, 0.1) is 0 Å². The van der Waals surface area contributed by atoms with Gasteiger partial charge in [-0.15, -0.1) is 0 Å². The summed E-state index contributed by atoms with van der Waals surface area (Å²) in [7, 11) is 0. The van der Waals surface area contributed by atoms with Crippen molar-refractivity contribution in [3.63, 3.8) is 0 Å². The van der Waals surface area contributed by atoms with E-state index in [2.05, 4.69) is 21.2 Å². The summed E-state index contributed by atoms with van der Waals surface area (Å²) in [5.74, 6) is 0.113. The maximum Gasteiger partial charge on any atom is 0.242 e. The number of halogens is 1. The lowest BCUT2D eigenvalue weighted by molar-refractivity contribution is -0.141. The molecule has 5 heteroatoms. The van der Waals surface area contributed by atoms with Gasteiger partial charge in [-0.25, -0.2) is 0 Å². The fourth-order valence-corrected chi connectivity index (χ4v) is 2.67. The first-order valence-corrected chi connectivity index (χ1v) is 7.26. The predicted molar refractivity (Wildman–Crippen MR) is 79.2 cm³/mol. The summed E-state index contributed by atoms with van der Waals surface area (Å²) in [4.78, 5) is 14.0. The monoisotopic (exact) mass is 326 g/mol. The number of benzene rings is 1. The molecule has 1 N–H and O–H groups in total. The van der Waals surface area contributed by atoms with E-state index in [9.17, 15) is 4.79 Å². The van der Waals surface area contributed by atoms with Crippen molar-refractivity contribution in [1.82, 2.24) is 4.90 Å². The van der Waals surface area contributed by atoms with Gasteiger partial charge in [-0.2, -0.15) is 0 Å². The highest BCUT2D eigenvalue weighted by Gasteiger charge is 2.25. The molecule has 1 amide bonds. The predicted octanol–water partition coefficient (Wildman–Crippen LogP) is 2.50. The molecule has 104 valence electrons. The molecule has 1 aromatic carbocycles. The maximum absolute atomic E-state index is 12.1. The van der Waals surface area contributed by atoms with Crippen molar-refractivity contribution >= 4 is 27.5 Å². The fourth-order valence-electron chi connectivity index (χ4n) is 2.27. The molecule has 2 unspecified atom stereocenters. The van der Waals surface area contributed by atoms with E-state index < -0.39 is 0 Å². The third-order valence-electron chi connectivity index (χ3n) is 3.04. The minimum atomic E-state index is 0.110. The number of anilines is 1. The summed E-state index contributed by atoms with van der Waals surface area (Å²) in [5.41, 5.74) is 0.942. The normalized spacial score (nSPS) is 23.2. The molecular formula is C14H19BrN2O2. The molecule has 0 saturated carbocycles. The molecule has 0 aromatic heterocycles. The van der Waals surface area contributed by atoms with Gasteiger partial charge in [-0.05, 0) is 32.0 Å². The minimum absolute atomic E-state index is 0.110. The van der Waals surface area contributed by atoms with Crippen molar-refractivity contribution < 1.29 is 9.53 Å². The van der Waals surface area contributed by atoms with E-state index in [4.69, 9.17) is 4.74 Å². The van der Waals surface area contributed by atoms with E-state index >= 15 is 0 Å². The van der Waals surface area contributed by atoms with Gasteiger partial charge in [0.25, 0.3) is 0 Å². The molecule has 1 aromatic rings. The van der Waals surface area contributed by atoms with Crippen LogP contribution in [0.2, 0.25) is 0 Å². The molecule has 2 atom stereocenters. The first-order chi connectivity index (χ1) is 9.04. The SMILES string of the molecule is CC1CN(C(=O)CNc2cccc(Br)c2)CC(C)O1. The van der Waals surface area contributed by atoms with Crippen molar-refractivity contribution in [1.29, 1.82) is 0 Å². The van der Waals surface area contributed by atoms with Gasteiger partial charge in [-0.3, -0.25) is 4.79 Å². The Hall–Kier alpha value is -1.07. The summed E-state index contributed by atoms with van der Waals surface area (Å²) < 4.78 is 6.62. The van der Waals surface area contributed by atoms with Crippen LogP contribution >= 0.6 is 15.9 Å². The summed E-state index contributed by atoms with van der Waals surface area (Å²) in [6.45, 7) is 5.65. The molecule has 0 aliphatic carbocycles. The van der Waals surface area contributed by atoms with Crippen LogP contribution in [0.1, 0.15) is 13.8 Å². The van der Waals surface area contributed by atoms with E-state index in [0.717, 1.165) is 10.2 Å². The summed E-state index contributed by atoms with van der Waals surface area (Å²) in [5, 5.41) is 3.15. The van der Waals surface area contributed by atoms with E-state index in [1.54, 1.807) is 0 Å². The first-order valence-electron chi connectivity index (χ1n) is 6.47. The highest BCUT2D eigenvalue weighted by atomic mass is 79.9. The number of carbonyl (C=O) groups is 1. The second-order valence-corrected chi connectivity index (χ2v) is 5.84. The molecular weight excluding hydrogens is 308 g/mol. The number of amides is 1. The number of hydrogen-bond acceptors (Lipinski definition) is 3.